The van der Waals surface area contributed by atoms with Crippen LogP contribution >= 0.6 is 0 Å². The monoisotopic (exact) mass is 428 g/mol. The lowest BCUT2D eigenvalue weighted by molar-refractivity contribution is -0.138. The van der Waals surface area contributed by atoms with Gasteiger partial charge in [-0.05, 0) is 55.3 Å². The second kappa shape index (κ2) is 8.71. The summed E-state index contributed by atoms with van der Waals surface area (Å²) in [6.45, 7) is 0. The Labute approximate surface area is 177 Å². The third-order valence-electron chi connectivity index (χ3n) is 5.26. The van der Waals surface area contributed by atoms with Gasteiger partial charge in [-0.25, -0.2) is 0 Å². The highest BCUT2D eigenvalue weighted by molar-refractivity contribution is 6.00. The van der Waals surface area contributed by atoms with Crippen molar-refractivity contribution in [3.63, 3.8) is 0 Å². The van der Waals surface area contributed by atoms with Gasteiger partial charge < -0.3 is 15.5 Å². The first-order valence-electron chi connectivity index (χ1n) is 9.61. The predicted octanol–water partition coefficient (Wildman–Crippen LogP) is 4.19. The Kier molecular flexibility index (Phi) is 6.24. The van der Waals surface area contributed by atoms with Gasteiger partial charge in [0.05, 0.1) is 17.2 Å². The molecule has 0 aromatic heterocycles. The molecule has 2 aromatic carbocycles. The Morgan fingerprint density at radius 2 is 1.74 bits per heavy atom. The molecule has 8 heteroatoms. The van der Waals surface area contributed by atoms with E-state index in [1.165, 1.54) is 36.4 Å². The molecular formula is C23H19F3N2O3. The minimum Gasteiger partial charge on any atom is -0.508 e. The van der Waals surface area contributed by atoms with E-state index in [-0.39, 0.29) is 11.4 Å². The third-order valence-corrected chi connectivity index (χ3v) is 5.26. The van der Waals surface area contributed by atoms with Crippen LogP contribution in [-0.2, 0) is 11.0 Å². The highest BCUT2D eigenvalue weighted by atomic mass is 19.4. The van der Waals surface area contributed by atoms with Crippen molar-refractivity contribution in [3.05, 3.63) is 59.2 Å². The zero-order valence-electron chi connectivity index (χ0n) is 16.3. The highest BCUT2D eigenvalue weighted by Gasteiger charge is 2.44. The van der Waals surface area contributed by atoms with Crippen molar-refractivity contribution in [1.82, 2.24) is 0 Å². The molecule has 3 rings (SSSR count). The first-order valence-corrected chi connectivity index (χ1v) is 9.61. The molecule has 1 aliphatic carbocycles. The van der Waals surface area contributed by atoms with Gasteiger partial charge in [-0.3, -0.25) is 4.79 Å². The first kappa shape index (κ1) is 22.2. The average molecular weight is 428 g/mol. The molecule has 3 N–H and O–H groups in total. The van der Waals surface area contributed by atoms with Crippen molar-refractivity contribution in [2.75, 3.05) is 5.32 Å². The number of nitrogens with one attached hydrogen (secondary N) is 1. The number of phenols is 1. The van der Waals surface area contributed by atoms with E-state index in [0.29, 0.717) is 24.5 Å². The molecule has 0 spiro atoms. The van der Waals surface area contributed by atoms with Gasteiger partial charge in [-0.1, -0.05) is 24.7 Å². The number of aromatic hydroxyl groups is 1. The molecular weight excluding hydrogens is 409 g/mol. The Bertz CT molecular complexity index is 1070. The van der Waals surface area contributed by atoms with Crippen molar-refractivity contribution in [2.45, 2.75) is 37.5 Å². The average Bonchev–Trinajstić information content (AvgIpc) is 3.28. The van der Waals surface area contributed by atoms with Gasteiger partial charge >= 0.3 is 6.18 Å². The van der Waals surface area contributed by atoms with Crippen LogP contribution in [0.15, 0.2) is 42.5 Å². The molecule has 1 fully saturated rings. The molecule has 1 amide bonds. The molecule has 0 aliphatic heterocycles. The molecule has 5 nitrogen and oxygen atoms in total. The Morgan fingerprint density at radius 3 is 2.32 bits per heavy atom. The van der Waals surface area contributed by atoms with Crippen LogP contribution in [0.1, 0.15) is 42.4 Å². The zero-order valence-corrected chi connectivity index (χ0v) is 16.3. The fraction of sp³-hybridized carbons (Fsp3) is 0.304. The fourth-order valence-electron chi connectivity index (χ4n) is 3.58. The summed E-state index contributed by atoms with van der Waals surface area (Å²) in [4.78, 5) is 13.0. The maximum absolute atomic E-state index is 13.2. The Morgan fingerprint density at radius 1 is 1.10 bits per heavy atom. The second-order valence-corrected chi connectivity index (χ2v) is 7.37. The molecule has 0 radical (unpaired) electrons. The van der Waals surface area contributed by atoms with E-state index in [9.17, 15) is 28.2 Å². The van der Waals surface area contributed by atoms with Crippen molar-refractivity contribution < 1.29 is 28.2 Å². The van der Waals surface area contributed by atoms with Gasteiger partial charge in [0.25, 0.3) is 5.91 Å². The van der Waals surface area contributed by atoms with Gasteiger partial charge in [0.2, 0.25) is 5.60 Å². The summed E-state index contributed by atoms with van der Waals surface area (Å²) in [6, 6.07) is 10.1. The molecule has 31 heavy (non-hydrogen) atoms. The number of carbonyl (C=O) groups excluding carboxylic acids is 1. The van der Waals surface area contributed by atoms with Crippen LogP contribution in [-0.4, -0.2) is 21.7 Å². The molecule has 1 unspecified atom stereocenters. The normalized spacial score (nSPS) is 16.0. The number of hydrogen-bond acceptors (Lipinski definition) is 4. The minimum atomic E-state index is -4.77. The number of anilines is 1. The standard InChI is InChI=1S/C23H19F3N2O3/c24-23(25,26)20-13-18(8-7-16(20)14-27)28-21(30)22(31,17-3-1-2-4-17)12-11-15-5-9-19(29)10-6-15/h5-10,13,17,29,31H,1-4H2,(H,28,30). The molecule has 2 aromatic rings. The summed E-state index contributed by atoms with van der Waals surface area (Å²) in [5.74, 6) is 3.95. The Hall–Kier alpha value is -3.49. The van der Waals surface area contributed by atoms with E-state index in [1.807, 2.05) is 0 Å². The van der Waals surface area contributed by atoms with E-state index >= 15 is 0 Å². The van der Waals surface area contributed by atoms with Gasteiger partial charge in [-0.15, -0.1) is 0 Å². The van der Waals surface area contributed by atoms with E-state index < -0.39 is 34.7 Å². The molecule has 0 bridgehead atoms. The number of phenolic OH excluding ortho intramolecular Hbond substituents is 1. The topological polar surface area (TPSA) is 93.4 Å². The number of alkyl halides is 3. The largest absolute Gasteiger partial charge is 0.508 e. The number of nitrogens with zero attached hydrogens (tertiary/aromatic N) is 1. The summed E-state index contributed by atoms with van der Waals surface area (Å²) >= 11 is 0. The highest BCUT2D eigenvalue weighted by Crippen LogP contribution is 2.36. The molecule has 160 valence electrons. The maximum Gasteiger partial charge on any atom is 0.417 e. The van der Waals surface area contributed by atoms with Crippen LogP contribution in [0, 0.1) is 29.1 Å². The summed E-state index contributed by atoms with van der Waals surface area (Å²) in [5.41, 5.74) is -3.59. The van der Waals surface area contributed by atoms with Gasteiger partial charge in [-0.2, -0.15) is 18.4 Å². The van der Waals surface area contributed by atoms with E-state index in [2.05, 4.69) is 17.2 Å². The number of nitriles is 1. The van der Waals surface area contributed by atoms with Gasteiger partial charge in [0.15, 0.2) is 0 Å². The number of halogens is 3. The number of hydrogen-bond donors (Lipinski definition) is 3. The number of amides is 1. The van der Waals surface area contributed by atoms with Crippen LogP contribution in [0.25, 0.3) is 0 Å². The number of aliphatic hydroxyl groups is 1. The van der Waals surface area contributed by atoms with Crippen molar-refractivity contribution in [1.29, 1.82) is 5.26 Å². The third kappa shape index (κ3) is 4.99. The predicted molar refractivity (Wildman–Crippen MR) is 107 cm³/mol. The molecule has 1 saturated carbocycles. The number of rotatable bonds is 3. The molecule has 1 aliphatic rings. The van der Waals surface area contributed by atoms with Crippen molar-refractivity contribution in [2.24, 2.45) is 5.92 Å². The first-order chi connectivity index (χ1) is 14.6. The van der Waals surface area contributed by atoms with E-state index in [1.54, 1.807) is 0 Å². The smallest absolute Gasteiger partial charge is 0.417 e. The number of carbonyl (C=O) groups is 1. The van der Waals surface area contributed by atoms with Gasteiger partial charge in [0.1, 0.15) is 5.75 Å². The van der Waals surface area contributed by atoms with Crippen LogP contribution in [0.3, 0.4) is 0 Å². The van der Waals surface area contributed by atoms with Crippen LogP contribution in [0.5, 0.6) is 5.75 Å². The van der Waals surface area contributed by atoms with Crippen molar-refractivity contribution in [3.8, 4) is 23.7 Å². The summed E-state index contributed by atoms with van der Waals surface area (Å²) in [5, 5.41) is 31.8. The molecule has 0 saturated heterocycles. The number of benzene rings is 2. The minimum absolute atomic E-state index is 0.0376. The lowest BCUT2D eigenvalue weighted by Gasteiger charge is -2.27. The van der Waals surface area contributed by atoms with Crippen molar-refractivity contribution >= 4 is 11.6 Å². The lowest BCUT2D eigenvalue weighted by Crippen LogP contribution is -2.47. The summed E-state index contributed by atoms with van der Waals surface area (Å²) < 4.78 is 39.6. The van der Waals surface area contributed by atoms with Crippen LogP contribution < -0.4 is 5.32 Å². The van der Waals surface area contributed by atoms with Crippen LogP contribution in [0.4, 0.5) is 18.9 Å². The molecule has 0 heterocycles. The van der Waals surface area contributed by atoms with E-state index in [4.69, 9.17) is 5.26 Å². The quantitative estimate of drug-likeness (QED) is 0.639. The SMILES string of the molecule is N#Cc1ccc(NC(=O)C(O)(C#Cc2ccc(O)cc2)C2CCCC2)cc1C(F)(F)F. The lowest BCUT2D eigenvalue weighted by atomic mass is 9.85. The van der Waals surface area contributed by atoms with E-state index in [0.717, 1.165) is 18.9 Å². The summed E-state index contributed by atoms with van der Waals surface area (Å²) in [7, 11) is 0. The second-order valence-electron chi connectivity index (χ2n) is 7.37. The summed E-state index contributed by atoms with van der Waals surface area (Å²) in [6.07, 6.45) is -2.07. The zero-order chi connectivity index (χ0) is 22.6. The molecule has 1 atom stereocenters. The van der Waals surface area contributed by atoms with Gasteiger partial charge in [0, 0.05) is 17.2 Å². The Balaban J connectivity index is 1.93. The maximum atomic E-state index is 13.2. The fourth-order valence-corrected chi connectivity index (χ4v) is 3.58. The van der Waals surface area contributed by atoms with Crippen LogP contribution in [0.2, 0.25) is 0 Å².